The van der Waals surface area contributed by atoms with E-state index < -0.39 is 0 Å². The van der Waals surface area contributed by atoms with Crippen LogP contribution in [0.1, 0.15) is 11.1 Å². The molecule has 0 heterocycles. The van der Waals surface area contributed by atoms with Crippen molar-refractivity contribution >= 4 is 29.2 Å². The smallest absolute Gasteiger partial charge is 0.0412 e. The van der Waals surface area contributed by atoms with Gasteiger partial charge in [0.05, 0.1) is 0 Å². The lowest BCUT2D eigenvalue weighted by Crippen LogP contribution is -1.90. The summed E-state index contributed by atoms with van der Waals surface area (Å²) in [5, 5.41) is 2.46. The Balaban J connectivity index is 2.67. The molecule has 0 fully saturated rings. The van der Waals surface area contributed by atoms with E-state index in [2.05, 4.69) is 19.1 Å². The number of hydrogen-bond acceptors (Lipinski definition) is 1. The highest BCUT2D eigenvalue weighted by Gasteiger charge is 2.06. The standard InChI is InChI=1S/C14H11ClS/c1-10-4-2-6-12(9-16)14(10)11-5-3-7-13(15)8-11/h2-9H,1H3. The summed E-state index contributed by atoms with van der Waals surface area (Å²) in [7, 11) is 0. The summed E-state index contributed by atoms with van der Waals surface area (Å²) in [4.78, 5) is 0. The zero-order valence-electron chi connectivity index (χ0n) is 8.91. The average Bonchev–Trinajstić information content (AvgIpc) is 2.28. The molecule has 0 saturated heterocycles. The molecule has 0 bridgehead atoms. The summed E-state index contributed by atoms with van der Waals surface area (Å²) in [6.45, 7) is 2.08. The molecule has 2 aromatic carbocycles. The Labute approximate surface area is 106 Å². The predicted octanol–water partition coefficient (Wildman–Crippen LogP) is 4.66. The molecule has 0 spiro atoms. The minimum Gasteiger partial charge on any atom is -0.0881 e. The molecular formula is C14H11ClS. The summed E-state index contributed by atoms with van der Waals surface area (Å²) in [5.74, 6) is 0. The van der Waals surface area contributed by atoms with Crippen LogP contribution in [0.25, 0.3) is 11.1 Å². The van der Waals surface area contributed by atoms with Gasteiger partial charge in [-0.05, 0) is 41.3 Å². The van der Waals surface area contributed by atoms with E-state index in [4.69, 9.17) is 23.8 Å². The van der Waals surface area contributed by atoms with E-state index in [1.807, 2.05) is 30.3 Å². The Hall–Kier alpha value is -1.18. The lowest BCUT2D eigenvalue weighted by atomic mass is 9.96. The number of hydrogen-bond donors (Lipinski definition) is 0. The fraction of sp³-hybridized carbons (Fsp3) is 0.0714. The van der Waals surface area contributed by atoms with Crippen LogP contribution in [0.3, 0.4) is 0 Å². The molecule has 0 N–H and O–H groups in total. The second kappa shape index (κ2) is 4.77. The number of rotatable bonds is 2. The maximum atomic E-state index is 6.01. The molecule has 0 saturated carbocycles. The molecule has 16 heavy (non-hydrogen) atoms. The minimum atomic E-state index is 0.746. The molecule has 2 rings (SSSR count). The third kappa shape index (κ3) is 2.16. The van der Waals surface area contributed by atoms with Crippen LogP contribution in [0.4, 0.5) is 0 Å². The van der Waals surface area contributed by atoms with Crippen LogP contribution in [0.2, 0.25) is 5.02 Å². The fourth-order valence-electron chi connectivity index (χ4n) is 1.83. The van der Waals surface area contributed by atoms with E-state index in [1.54, 1.807) is 5.37 Å². The second-order valence-electron chi connectivity index (χ2n) is 3.67. The van der Waals surface area contributed by atoms with Gasteiger partial charge in [-0.1, -0.05) is 54.2 Å². The Kier molecular flexibility index (Phi) is 3.37. The molecule has 0 radical (unpaired) electrons. The van der Waals surface area contributed by atoms with E-state index in [9.17, 15) is 0 Å². The van der Waals surface area contributed by atoms with Crippen molar-refractivity contribution in [3.63, 3.8) is 0 Å². The van der Waals surface area contributed by atoms with Crippen LogP contribution in [0, 0.1) is 6.92 Å². The van der Waals surface area contributed by atoms with Gasteiger partial charge in [0.1, 0.15) is 0 Å². The molecule has 0 aromatic heterocycles. The van der Waals surface area contributed by atoms with Crippen LogP contribution in [-0.2, 0) is 0 Å². The number of thiocarbonyl (C=S) groups is 1. The zero-order valence-corrected chi connectivity index (χ0v) is 10.5. The van der Waals surface area contributed by atoms with Crippen LogP contribution >= 0.6 is 23.8 Å². The van der Waals surface area contributed by atoms with E-state index in [0.29, 0.717) is 0 Å². The van der Waals surface area contributed by atoms with Crippen LogP contribution in [0.5, 0.6) is 0 Å². The third-order valence-corrected chi connectivity index (χ3v) is 3.03. The minimum absolute atomic E-state index is 0.746. The first-order valence-corrected chi connectivity index (χ1v) is 5.88. The zero-order chi connectivity index (χ0) is 11.5. The van der Waals surface area contributed by atoms with E-state index >= 15 is 0 Å². The second-order valence-corrected chi connectivity index (χ2v) is 4.34. The molecule has 0 atom stereocenters. The number of halogens is 1. The van der Waals surface area contributed by atoms with Crippen molar-refractivity contribution in [2.24, 2.45) is 0 Å². The first kappa shape index (κ1) is 11.3. The predicted molar refractivity (Wildman–Crippen MR) is 74.4 cm³/mol. The Morgan fingerprint density at radius 2 is 1.88 bits per heavy atom. The molecule has 0 nitrogen and oxygen atoms in total. The SMILES string of the molecule is Cc1cccc(C=S)c1-c1cccc(Cl)c1. The average molecular weight is 247 g/mol. The lowest BCUT2D eigenvalue weighted by Gasteiger charge is -2.09. The van der Waals surface area contributed by atoms with Gasteiger partial charge in [-0.3, -0.25) is 0 Å². The summed E-state index contributed by atoms with van der Waals surface area (Å²) < 4.78 is 0. The van der Waals surface area contributed by atoms with Crippen LogP contribution < -0.4 is 0 Å². The topological polar surface area (TPSA) is 0 Å². The Morgan fingerprint density at radius 1 is 1.12 bits per heavy atom. The largest absolute Gasteiger partial charge is 0.0881 e. The van der Waals surface area contributed by atoms with Crippen molar-refractivity contribution in [2.45, 2.75) is 6.92 Å². The van der Waals surface area contributed by atoms with Gasteiger partial charge in [-0.2, -0.15) is 0 Å². The van der Waals surface area contributed by atoms with Crippen molar-refractivity contribution in [3.8, 4) is 11.1 Å². The fourth-order valence-corrected chi connectivity index (χ4v) is 2.21. The normalized spacial score (nSPS) is 10.1. The summed E-state index contributed by atoms with van der Waals surface area (Å²) >= 11 is 11.0. The quantitative estimate of drug-likeness (QED) is 0.695. The van der Waals surface area contributed by atoms with Gasteiger partial charge in [0.25, 0.3) is 0 Å². The monoisotopic (exact) mass is 246 g/mol. The first-order valence-electron chi connectivity index (χ1n) is 5.03. The molecule has 0 aliphatic carbocycles. The maximum absolute atomic E-state index is 6.01. The summed E-state index contributed by atoms with van der Waals surface area (Å²) in [5.41, 5.74) is 4.56. The molecular weight excluding hydrogens is 236 g/mol. The van der Waals surface area contributed by atoms with E-state index in [-0.39, 0.29) is 0 Å². The van der Waals surface area contributed by atoms with Gasteiger partial charge >= 0.3 is 0 Å². The van der Waals surface area contributed by atoms with Gasteiger partial charge in [0.15, 0.2) is 0 Å². The third-order valence-electron chi connectivity index (χ3n) is 2.55. The number of aryl methyl sites for hydroxylation is 1. The van der Waals surface area contributed by atoms with Crippen molar-refractivity contribution in [2.75, 3.05) is 0 Å². The highest BCUT2D eigenvalue weighted by atomic mass is 35.5. The van der Waals surface area contributed by atoms with Crippen LogP contribution in [0.15, 0.2) is 42.5 Å². The van der Waals surface area contributed by atoms with Crippen molar-refractivity contribution in [3.05, 3.63) is 58.6 Å². The van der Waals surface area contributed by atoms with Gasteiger partial charge in [0, 0.05) is 10.4 Å². The van der Waals surface area contributed by atoms with Gasteiger partial charge in [-0.25, -0.2) is 0 Å². The Morgan fingerprint density at radius 3 is 2.56 bits per heavy atom. The first-order chi connectivity index (χ1) is 7.72. The van der Waals surface area contributed by atoms with E-state index in [0.717, 1.165) is 16.1 Å². The van der Waals surface area contributed by atoms with Crippen molar-refractivity contribution in [1.29, 1.82) is 0 Å². The number of benzene rings is 2. The van der Waals surface area contributed by atoms with Crippen molar-refractivity contribution < 1.29 is 0 Å². The van der Waals surface area contributed by atoms with Crippen molar-refractivity contribution in [1.82, 2.24) is 0 Å². The highest BCUT2D eigenvalue weighted by Crippen LogP contribution is 2.28. The molecule has 80 valence electrons. The van der Waals surface area contributed by atoms with E-state index in [1.165, 1.54) is 11.1 Å². The lowest BCUT2D eigenvalue weighted by molar-refractivity contribution is 1.45. The highest BCUT2D eigenvalue weighted by molar-refractivity contribution is 7.79. The Bertz CT molecular complexity index is 532. The molecule has 0 unspecified atom stereocenters. The molecule has 0 amide bonds. The van der Waals surface area contributed by atoms with Gasteiger partial charge in [0.2, 0.25) is 0 Å². The summed E-state index contributed by atoms with van der Waals surface area (Å²) in [6.07, 6.45) is 0. The van der Waals surface area contributed by atoms with Gasteiger partial charge < -0.3 is 0 Å². The van der Waals surface area contributed by atoms with Crippen LogP contribution in [-0.4, -0.2) is 5.37 Å². The molecule has 2 aromatic rings. The maximum Gasteiger partial charge on any atom is 0.0412 e. The summed E-state index contributed by atoms with van der Waals surface area (Å²) in [6, 6.07) is 14.0. The molecule has 0 aliphatic heterocycles. The van der Waals surface area contributed by atoms with Gasteiger partial charge in [-0.15, -0.1) is 0 Å². The molecule has 0 aliphatic rings. The molecule has 2 heteroatoms.